The molecule has 60 valence electrons. The van der Waals surface area contributed by atoms with Gasteiger partial charge < -0.3 is 10.2 Å². The lowest BCUT2D eigenvalue weighted by molar-refractivity contribution is 0.455. The van der Waals surface area contributed by atoms with Crippen molar-refractivity contribution in [1.29, 1.82) is 0 Å². The van der Waals surface area contributed by atoms with Crippen LogP contribution in [-0.4, -0.2) is 20.2 Å². The van der Waals surface area contributed by atoms with Crippen molar-refractivity contribution in [2.24, 2.45) is 0 Å². The largest absolute Gasteiger partial charge is 0.506 e. The highest BCUT2D eigenvalue weighted by Crippen LogP contribution is 2.17. The summed E-state index contributed by atoms with van der Waals surface area (Å²) in [6, 6.07) is 4.53. The van der Waals surface area contributed by atoms with Crippen LogP contribution in [0.15, 0.2) is 24.4 Å². The number of nitrogens with zero attached hydrogens (tertiary/aromatic N) is 2. The smallest absolute Gasteiger partial charge is 0.211 e. The predicted octanol–water partition coefficient (Wildman–Crippen LogP) is 1.04. The summed E-state index contributed by atoms with van der Waals surface area (Å²) in [6.45, 7) is 0. The van der Waals surface area contributed by atoms with Gasteiger partial charge in [-0.15, -0.1) is 0 Å². The molecule has 2 aromatic rings. The first-order valence-electron chi connectivity index (χ1n) is 3.40. The van der Waals surface area contributed by atoms with Gasteiger partial charge in [-0.3, -0.25) is 4.98 Å². The lowest BCUT2D eigenvalue weighted by atomic mass is 10.3. The Morgan fingerprint density at radius 2 is 1.92 bits per heavy atom. The zero-order valence-electron chi connectivity index (χ0n) is 6.10. The highest BCUT2D eigenvalue weighted by Gasteiger charge is 1.98. The fraction of sp³-hybridized carbons (Fsp3) is 0. The van der Waals surface area contributed by atoms with E-state index in [-0.39, 0.29) is 11.6 Å². The SMILES string of the molecule is Oc1cnc2ccc(O)nc2c1. The van der Waals surface area contributed by atoms with Gasteiger partial charge in [-0.1, -0.05) is 0 Å². The Labute approximate surface area is 68.1 Å². The first kappa shape index (κ1) is 6.84. The normalized spacial score (nSPS) is 10.3. The fourth-order valence-electron chi connectivity index (χ4n) is 0.985. The van der Waals surface area contributed by atoms with Crippen LogP contribution in [0.3, 0.4) is 0 Å². The molecule has 0 aromatic carbocycles. The Kier molecular flexibility index (Phi) is 1.33. The molecule has 2 aromatic heterocycles. The van der Waals surface area contributed by atoms with E-state index in [1.807, 2.05) is 0 Å². The Hall–Kier alpha value is -1.84. The van der Waals surface area contributed by atoms with Gasteiger partial charge in [-0.2, -0.15) is 0 Å². The summed E-state index contributed by atoms with van der Waals surface area (Å²) in [7, 11) is 0. The maximum atomic E-state index is 9.04. The maximum Gasteiger partial charge on any atom is 0.211 e. The van der Waals surface area contributed by atoms with Crippen molar-refractivity contribution < 1.29 is 10.2 Å². The minimum atomic E-state index is -0.0742. The van der Waals surface area contributed by atoms with E-state index in [0.717, 1.165) is 0 Å². The van der Waals surface area contributed by atoms with Gasteiger partial charge in [0.05, 0.1) is 17.2 Å². The monoisotopic (exact) mass is 162 g/mol. The second-order valence-electron chi connectivity index (χ2n) is 2.40. The zero-order valence-corrected chi connectivity index (χ0v) is 6.10. The number of pyridine rings is 2. The van der Waals surface area contributed by atoms with Crippen molar-refractivity contribution in [2.75, 3.05) is 0 Å². The molecule has 0 bridgehead atoms. The number of rotatable bonds is 0. The Morgan fingerprint density at radius 1 is 1.08 bits per heavy atom. The topological polar surface area (TPSA) is 66.2 Å². The first-order valence-corrected chi connectivity index (χ1v) is 3.40. The van der Waals surface area contributed by atoms with Crippen LogP contribution in [0.5, 0.6) is 11.6 Å². The van der Waals surface area contributed by atoms with Crippen molar-refractivity contribution in [3.8, 4) is 11.6 Å². The van der Waals surface area contributed by atoms with Gasteiger partial charge in [0.25, 0.3) is 0 Å². The molecule has 2 rings (SSSR count). The fourth-order valence-corrected chi connectivity index (χ4v) is 0.985. The van der Waals surface area contributed by atoms with E-state index in [4.69, 9.17) is 10.2 Å². The van der Waals surface area contributed by atoms with Gasteiger partial charge in [0.15, 0.2) is 0 Å². The van der Waals surface area contributed by atoms with Gasteiger partial charge in [0.2, 0.25) is 5.88 Å². The molecule has 2 heterocycles. The third kappa shape index (κ3) is 1.03. The van der Waals surface area contributed by atoms with Gasteiger partial charge >= 0.3 is 0 Å². The molecule has 0 spiro atoms. The Balaban J connectivity index is 2.80. The maximum absolute atomic E-state index is 9.04. The third-order valence-electron chi connectivity index (χ3n) is 1.51. The average molecular weight is 162 g/mol. The van der Waals surface area contributed by atoms with Gasteiger partial charge in [-0.05, 0) is 6.07 Å². The van der Waals surface area contributed by atoms with Crippen LogP contribution in [0.4, 0.5) is 0 Å². The molecule has 0 saturated carbocycles. The van der Waals surface area contributed by atoms with Crippen molar-refractivity contribution in [1.82, 2.24) is 9.97 Å². The van der Waals surface area contributed by atoms with Crippen molar-refractivity contribution in [3.63, 3.8) is 0 Å². The Bertz CT molecular complexity index is 392. The van der Waals surface area contributed by atoms with Crippen LogP contribution < -0.4 is 0 Å². The molecule has 0 aliphatic rings. The van der Waals surface area contributed by atoms with Crippen LogP contribution in [0.25, 0.3) is 11.0 Å². The molecular weight excluding hydrogens is 156 g/mol. The van der Waals surface area contributed by atoms with E-state index in [1.165, 1.54) is 18.3 Å². The summed E-state index contributed by atoms with van der Waals surface area (Å²) in [6.07, 6.45) is 1.33. The number of hydrogen-bond acceptors (Lipinski definition) is 4. The molecule has 0 radical (unpaired) electrons. The Morgan fingerprint density at radius 3 is 2.75 bits per heavy atom. The second-order valence-corrected chi connectivity index (χ2v) is 2.40. The van der Waals surface area contributed by atoms with Crippen LogP contribution in [0, 0.1) is 0 Å². The third-order valence-corrected chi connectivity index (χ3v) is 1.51. The molecular formula is C8H6N2O2. The quantitative estimate of drug-likeness (QED) is 0.607. The summed E-state index contributed by atoms with van der Waals surface area (Å²) < 4.78 is 0. The summed E-state index contributed by atoms with van der Waals surface area (Å²) in [5.41, 5.74) is 1.13. The summed E-state index contributed by atoms with van der Waals surface area (Å²) in [5, 5.41) is 18.0. The van der Waals surface area contributed by atoms with Crippen molar-refractivity contribution in [3.05, 3.63) is 24.4 Å². The molecule has 0 saturated heterocycles. The van der Waals surface area contributed by atoms with Gasteiger partial charge in [-0.25, -0.2) is 4.98 Å². The lowest BCUT2D eigenvalue weighted by Gasteiger charge is -1.96. The van der Waals surface area contributed by atoms with Gasteiger partial charge in [0, 0.05) is 12.1 Å². The molecule has 4 heteroatoms. The number of hydrogen-bond donors (Lipinski definition) is 2. The molecule has 0 aliphatic heterocycles. The zero-order chi connectivity index (χ0) is 8.55. The van der Waals surface area contributed by atoms with Crippen molar-refractivity contribution >= 4 is 11.0 Å². The van der Waals surface area contributed by atoms with Crippen LogP contribution in [0.1, 0.15) is 0 Å². The van der Waals surface area contributed by atoms with E-state index < -0.39 is 0 Å². The first-order chi connectivity index (χ1) is 5.75. The molecule has 0 fully saturated rings. The van der Waals surface area contributed by atoms with E-state index in [2.05, 4.69) is 9.97 Å². The molecule has 2 N–H and O–H groups in total. The number of aromatic hydroxyl groups is 2. The highest BCUT2D eigenvalue weighted by molar-refractivity contribution is 5.75. The molecule has 12 heavy (non-hydrogen) atoms. The number of aromatic nitrogens is 2. The van der Waals surface area contributed by atoms with Gasteiger partial charge in [0.1, 0.15) is 5.75 Å². The molecule has 0 aliphatic carbocycles. The molecule has 4 nitrogen and oxygen atoms in total. The van der Waals surface area contributed by atoms with E-state index in [0.29, 0.717) is 11.0 Å². The van der Waals surface area contributed by atoms with Crippen molar-refractivity contribution in [2.45, 2.75) is 0 Å². The van der Waals surface area contributed by atoms with E-state index in [9.17, 15) is 0 Å². The van der Waals surface area contributed by atoms with E-state index >= 15 is 0 Å². The van der Waals surface area contributed by atoms with E-state index in [1.54, 1.807) is 6.07 Å². The minimum Gasteiger partial charge on any atom is -0.506 e. The minimum absolute atomic E-state index is 0.0422. The average Bonchev–Trinajstić information content (AvgIpc) is 2.03. The second kappa shape index (κ2) is 2.34. The van der Waals surface area contributed by atoms with Crippen LogP contribution >= 0.6 is 0 Å². The summed E-state index contributed by atoms with van der Waals surface area (Å²) in [4.78, 5) is 7.67. The summed E-state index contributed by atoms with van der Waals surface area (Å²) in [5.74, 6) is -0.0319. The number of fused-ring (bicyclic) bond motifs is 1. The standard InChI is InChI=1S/C8H6N2O2/c11-5-3-7-6(9-4-5)1-2-8(12)10-7/h1-4,11H,(H,10,12). The lowest BCUT2D eigenvalue weighted by Crippen LogP contribution is -1.81. The summed E-state index contributed by atoms with van der Waals surface area (Å²) >= 11 is 0. The molecule has 0 amide bonds. The highest BCUT2D eigenvalue weighted by atomic mass is 16.3. The predicted molar refractivity (Wildman–Crippen MR) is 42.9 cm³/mol. The molecule has 0 unspecified atom stereocenters. The van der Waals surface area contributed by atoms with Crippen LogP contribution in [0.2, 0.25) is 0 Å². The van der Waals surface area contributed by atoms with Crippen LogP contribution in [-0.2, 0) is 0 Å². The molecule has 0 atom stereocenters.